The maximum absolute atomic E-state index is 13.2. The topological polar surface area (TPSA) is 62.5 Å². The fourth-order valence-electron chi connectivity index (χ4n) is 2.12. The van der Waals surface area contributed by atoms with E-state index in [2.05, 4.69) is 5.32 Å². The van der Waals surface area contributed by atoms with Crippen LogP contribution < -0.4 is 5.32 Å². The minimum atomic E-state index is -0.926. The van der Waals surface area contributed by atoms with Gasteiger partial charge in [0.1, 0.15) is 0 Å². The summed E-state index contributed by atoms with van der Waals surface area (Å²) in [7, 11) is 0. The van der Waals surface area contributed by atoms with E-state index < -0.39 is 11.6 Å². The SMILES string of the molecule is Cc1ccoc1C(=O)NC[C@H](CO)Cc1ccc(F)c(F)c1. The number of carbonyl (C=O) groups is 1. The van der Waals surface area contributed by atoms with Gasteiger partial charge in [0.05, 0.1) is 6.26 Å². The zero-order chi connectivity index (χ0) is 16.1. The van der Waals surface area contributed by atoms with Crippen LogP contribution in [0.1, 0.15) is 21.7 Å². The summed E-state index contributed by atoms with van der Waals surface area (Å²) in [6, 6.07) is 5.28. The monoisotopic (exact) mass is 309 g/mol. The van der Waals surface area contributed by atoms with Crippen molar-refractivity contribution in [3.63, 3.8) is 0 Å². The lowest BCUT2D eigenvalue weighted by atomic mass is 10.00. The lowest BCUT2D eigenvalue weighted by molar-refractivity contribution is 0.0911. The van der Waals surface area contributed by atoms with Gasteiger partial charge in [-0.1, -0.05) is 6.07 Å². The van der Waals surface area contributed by atoms with Crippen LogP contribution in [0.5, 0.6) is 0 Å². The average Bonchev–Trinajstić information content (AvgIpc) is 2.93. The second-order valence-corrected chi connectivity index (χ2v) is 5.14. The van der Waals surface area contributed by atoms with Crippen LogP contribution >= 0.6 is 0 Å². The molecule has 0 unspecified atom stereocenters. The molecule has 1 aromatic carbocycles. The Morgan fingerprint density at radius 3 is 2.68 bits per heavy atom. The van der Waals surface area contributed by atoms with Gasteiger partial charge in [0.15, 0.2) is 17.4 Å². The maximum Gasteiger partial charge on any atom is 0.287 e. The molecule has 118 valence electrons. The first kappa shape index (κ1) is 16.2. The van der Waals surface area contributed by atoms with Gasteiger partial charge < -0.3 is 14.8 Å². The molecule has 2 rings (SSSR count). The summed E-state index contributed by atoms with van der Waals surface area (Å²) < 4.78 is 31.1. The quantitative estimate of drug-likeness (QED) is 0.861. The van der Waals surface area contributed by atoms with Gasteiger partial charge in [0.25, 0.3) is 5.91 Å². The van der Waals surface area contributed by atoms with E-state index >= 15 is 0 Å². The lowest BCUT2D eigenvalue weighted by Crippen LogP contribution is -2.32. The predicted molar refractivity (Wildman–Crippen MR) is 76.4 cm³/mol. The summed E-state index contributed by atoms with van der Waals surface area (Å²) in [4.78, 5) is 11.9. The molecule has 1 atom stereocenters. The van der Waals surface area contributed by atoms with Gasteiger partial charge in [-0.2, -0.15) is 0 Å². The number of benzene rings is 1. The van der Waals surface area contributed by atoms with Crippen LogP contribution in [0.3, 0.4) is 0 Å². The molecule has 4 nitrogen and oxygen atoms in total. The predicted octanol–water partition coefficient (Wildman–Crippen LogP) is 2.45. The summed E-state index contributed by atoms with van der Waals surface area (Å²) in [5, 5.41) is 12.0. The first-order valence-electron chi connectivity index (χ1n) is 6.88. The number of halogens is 2. The highest BCUT2D eigenvalue weighted by Gasteiger charge is 2.16. The van der Waals surface area contributed by atoms with Crippen molar-refractivity contribution in [2.75, 3.05) is 13.2 Å². The van der Waals surface area contributed by atoms with Gasteiger partial charge in [0, 0.05) is 24.6 Å². The van der Waals surface area contributed by atoms with Gasteiger partial charge in [-0.05, 0) is 37.1 Å². The maximum atomic E-state index is 13.2. The Morgan fingerprint density at radius 1 is 1.32 bits per heavy atom. The molecule has 0 saturated heterocycles. The highest BCUT2D eigenvalue weighted by molar-refractivity contribution is 5.92. The standard InChI is InChI=1S/C16H17F2NO3/c1-10-4-5-22-15(10)16(21)19-8-12(9-20)6-11-2-3-13(17)14(18)7-11/h2-5,7,12,20H,6,8-9H2,1H3,(H,19,21)/t12-/m1/s1. The van der Waals surface area contributed by atoms with Crippen LogP contribution in [0.25, 0.3) is 0 Å². The molecule has 0 aliphatic heterocycles. The molecule has 0 bridgehead atoms. The van der Waals surface area contributed by atoms with E-state index in [1.165, 1.54) is 12.3 Å². The second-order valence-electron chi connectivity index (χ2n) is 5.14. The molecule has 1 heterocycles. The van der Waals surface area contributed by atoms with Gasteiger partial charge in [-0.25, -0.2) is 8.78 Å². The van der Waals surface area contributed by atoms with Gasteiger partial charge in [0.2, 0.25) is 0 Å². The van der Waals surface area contributed by atoms with Crippen molar-refractivity contribution in [2.24, 2.45) is 5.92 Å². The van der Waals surface area contributed by atoms with E-state index in [0.717, 1.165) is 17.7 Å². The molecule has 0 fully saturated rings. The largest absolute Gasteiger partial charge is 0.459 e. The van der Waals surface area contributed by atoms with Crippen molar-refractivity contribution in [2.45, 2.75) is 13.3 Å². The van der Waals surface area contributed by atoms with E-state index in [9.17, 15) is 18.7 Å². The second kappa shape index (κ2) is 7.17. The molecule has 0 radical (unpaired) electrons. The molecule has 0 aliphatic rings. The Bertz CT molecular complexity index is 655. The molecule has 22 heavy (non-hydrogen) atoms. The Balaban J connectivity index is 1.93. The van der Waals surface area contributed by atoms with E-state index in [1.807, 2.05) is 0 Å². The Hall–Kier alpha value is -2.21. The number of hydrogen-bond donors (Lipinski definition) is 2. The van der Waals surface area contributed by atoms with Crippen molar-refractivity contribution >= 4 is 5.91 Å². The summed E-state index contributed by atoms with van der Waals surface area (Å²) in [6.07, 6.45) is 1.75. The minimum absolute atomic E-state index is 0.184. The van der Waals surface area contributed by atoms with Crippen LogP contribution in [0.4, 0.5) is 8.78 Å². The molecule has 1 aromatic heterocycles. The average molecular weight is 309 g/mol. The fourth-order valence-corrected chi connectivity index (χ4v) is 2.12. The van der Waals surface area contributed by atoms with Crippen molar-refractivity contribution in [1.82, 2.24) is 5.32 Å². The third-order valence-electron chi connectivity index (χ3n) is 3.39. The van der Waals surface area contributed by atoms with Crippen molar-refractivity contribution in [3.8, 4) is 0 Å². The highest BCUT2D eigenvalue weighted by Crippen LogP contribution is 2.13. The molecule has 0 aliphatic carbocycles. The normalized spacial score (nSPS) is 12.2. The number of aliphatic hydroxyl groups excluding tert-OH is 1. The van der Waals surface area contributed by atoms with Gasteiger partial charge in [-0.15, -0.1) is 0 Å². The molecule has 6 heteroatoms. The number of aryl methyl sites for hydroxylation is 1. The number of nitrogens with one attached hydrogen (secondary N) is 1. The molecule has 1 amide bonds. The van der Waals surface area contributed by atoms with Crippen LogP contribution in [0.15, 0.2) is 34.9 Å². The fraction of sp³-hybridized carbons (Fsp3) is 0.312. The van der Waals surface area contributed by atoms with Gasteiger partial charge >= 0.3 is 0 Å². The number of hydrogen-bond acceptors (Lipinski definition) is 3. The summed E-state index contributed by atoms with van der Waals surface area (Å²) in [5.41, 5.74) is 1.28. The van der Waals surface area contributed by atoms with Crippen molar-refractivity contribution in [1.29, 1.82) is 0 Å². The van der Waals surface area contributed by atoms with E-state index in [-0.39, 0.29) is 30.7 Å². The number of carbonyl (C=O) groups excluding carboxylic acids is 1. The number of furan rings is 1. The summed E-state index contributed by atoms with van der Waals surface area (Å²) in [6.45, 7) is 1.77. The van der Waals surface area contributed by atoms with Crippen LogP contribution in [-0.4, -0.2) is 24.2 Å². The van der Waals surface area contributed by atoms with E-state index in [1.54, 1.807) is 13.0 Å². The first-order chi connectivity index (χ1) is 10.5. The van der Waals surface area contributed by atoms with E-state index in [4.69, 9.17) is 4.42 Å². The minimum Gasteiger partial charge on any atom is -0.459 e. The third kappa shape index (κ3) is 3.92. The van der Waals surface area contributed by atoms with Gasteiger partial charge in [-0.3, -0.25) is 4.79 Å². The zero-order valence-corrected chi connectivity index (χ0v) is 12.1. The first-order valence-corrected chi connectivity index (χ1v) is 6.88. The summed E-state index contributed by atoms with van der Waals surface area (Å²) >= 11 is 0. The lowest BCUT2D eigenvalue weighted by Gasteiger charge is -2.15. The number of rotatable bonds is 6. The number of aliphatic hydroxyl groups is 1. The zero-order valence-electron chi connectivity index (χ0n) is 12.1. The van der Waals surface area contributed by atoms with Crippen LogP contribution in [-0.2, 0) is 6.42 Å². The van der Waals surface area contributed by atoms with Crippen molar-refractivity contribution < 1.29 is 23.1 Å². The Morgan fingerprint density at radius 2 is 2.09 bits per heavy atom. The molecular formula is C16H17F2NO3. The molecule has 0 spiro atoms. The Kier molecular flexibility index (Phi) is 5.27. The van der Waals surface area contributed by atoms with E-state index in [0.29, 0.717) is 12.0 Å². The van der Waals surface area contributed by atoms with Crippen LogP contribution in [0.2, 0.25) is 0 Å². The molecule has 0 saturated carbocycles. The smallest absolute Gasteiger partial charge is 0.287 e. The Labute approximate surface area is 126 Å². The molecular weight excluding hydrogens is 292 g/mol. The summed E-state index contributed by atoms with van der Waals surface area (Å²) in [5.74, 6) is -2.28. The highest BCUT2D eigenvalue weighted by atomic mass is 19.2. The molecule has 2 N–H and O–H groups in total. The van der Waals surface area contributed by atoms with Crippen molar-refractivity contribution in [3.05, 3.63) is 59.1 Å². The number of amides is 1. The van der Waals surface area contributed by atoms with Crippen LogP contribution in [0, 0.1) is 24.5 Å². The molecule has 2 aromatic rings. The third-order valence-corrected chi connectivity index (χ3v) is 3.39.